The molecule has 3 heterocycles. The highest BCUT2D eigenvalue weighted by Gasteiger charge is 2.12. The summed E-state index contributed by atoms with van der Waals surface area (Å²) >= 11 is 0. The number of anilines is 1. The van der Waals surface area contributed by atoms with Crippen molar-refractivity contribution < 1.29 is 4.79 Å². The Balaban J connectivity index is 1.48. The second-order valence-corrected chi connectivity index (χ2v) is 6.40. The Morgan fingerprint density at radius 3 is 2.89 bits per heavy atom. The number of aromatic nitrogens is 6. The zero-order valence-electron chi connectivity index (χ0n) is 15.1. The second-order valence-electron chi connectivity index (χ2n) is 6.40. The first-order valence-electron chi connectivity index (χ1n) is 8.65. The monoisotopic (exact) mass is 361 g/mol. The van der Waals surface area contributed by atoms with Crippen LogP contribution in [0.2, 0.25) is 0 Å². The first kappa shape index (κ1) is 16.9. The van der Waals surface area contributed by atoms with Gasteiger partial charge in [0.05, 0.1) is 6.20 Å². The van der Waals surface area contributed by atoms with Crippen molar-refractivity contribution in [1.29, 1.82) is 0 Å². The van der Waals surface area contributed by atoms with Gasteiger partial charge in [0.15, 0.2) is 5.65 Å². The normalized spacial score (nSPS) is 11.0. The molecule has 1 amide bonds. The van der Waals surface area contributed by atoms with Gasteiger partial charge in [-0.15, -0.1) is 10.2 Å². The summed E-state index contributed by atoms with van der Waals surface area (Å²) in [6, 6.07) is 11.3. The van der Waals surface area contributed by atoms with Crippen LogP contribution < -0.4 is 5.32 Å². The Bertz CT molecular complexity index is 1110. The number of nitrogens with zero attached hydrogens (tertiary/aromatic N) is 6. The van der Waals surface area contributed by atoms with Crippen molar-refractivity contribution in [3.63, 3.8) is 0 Å². The highest BCUT2D eigenvalue weighted by molar-refractivity contribution is 6.03. The van der Waals surface area contributed by atoms with Crippen LogP contribution in [-0.2, 0) is 19.9 Å². The maximum absolute atomic E-state index is 12.6. The van der Waals surface area contributed by atoms with E-state index in [1.54, 1.807) is 29.2 Å². The first-order chi connectivity index (χ1) is 13.1. The quantitative estimate of drug-likeness (QED) is 0.588. The molecule has 4 rings (SSSR count). The number of aryl methyl sites for hydroxylation is 4. The largest absolute Gasteiger partial charge is 0.321 e. The number of hydrogen-bond donors (Lipinski definition) is 1. The third-order valence-corrected chi connectivity index (χ3v) is 4.40. The van der Waals surface area contributed by atoms with Gasteiger partial charge in [-0.1, -0.05) is 12.1 Å². The van der Waals surface area contributed by atoms with Crippen molar-refractivity contribution in [3.05, 3.63) is 71.7 Å². The van der Waals surface area contributed by atoms with E-state index in [9.17, 15) is 4.79 Å². The van der Waals surface area contributed by atoms with Crippen molar-refractivity contribution in [2.45, 2.75) is 19.8 Å². The van der Waals surface area contributed by atoms with Gasteiger partial charge in [0.1, 0.15) is 17.8 Å². The summed E-state index contributed by atoms with van der Waals surface area (Å²) in [4.78, 5) is 17.0. The van der Waals surface area contributed by atoms with Crippen LogP contribution in [0.3, 0.4) is 0 Å². The summed E-state index contributed by atoms with van der Waals surface area (Å²) in [6.07, 6.45) is 4.96. The summed E-state index contributed by atoms with van der Waals surface area (Å²) in [5, 5.41) is 15.1. The Labute approximate surface area is 155 Å². The number of carbonyl (C=O) groups is 1. The van der Waals surface area contributed by atoms with Gasteiger partial charge in [0.2, 0.25) is 0 Å². The van der Waals surface area contributed by atoms with E-state index in [-0.39, 0.29) is 5.91 Å². The molecule has 0 aliphatic carbocycles. The van der Waals surface area contributed by atoms with Gasteiger partial charge in [-0.3, -0.25) is 4.79 Å². The van der Waals surface area contributed by atoms with Crippen molar-refractivity contribution >= 4 is 17.2 Å². The standard InChI is InChI=1S/C19H19N7O/c1-13-10-16(23-17-8-9-21-26(13)17)19(27)22-15-5-3-4-14(11-15)6-7-18-24-20-12-25(18)2/h3-5,8-12H,6-7H2,1-2H3,(H,22,27). The highest BCUT2D eigenvalue weighted by atomic mass is 16.1. The fourth-order valence-corrected chi connectivity index (χ4v) is 2.97. The second kappa shape index (κ2) is 6.99. The molecule has 0 saturated heterocycles. The number of fused-ring (bicyclic) bond motifs is 1. The van der Waals surface area contributed by atoms with E-state index in [1.807, 2.05) is 42.8 Å². The Morgan fingerprint density at radius 1 is 1.19 bits per heavy atom. The number of carbonyl (C=O) groups excluding carboxylic acids is 1. The molecule has 4 aromatic rings. The number of rotatable bonds is 5. The predicted octanol–water partition coefficient (Wildman–Crippen LogP) is 2.20. The lowest BCUT2D eigenvalue weighted by atomic mass is 10.1. The molecule has 0 unspecified atom stereocenters. The molecule has 1 aromatic carbocycles. The fraction of sp³-hybridized carbons (Fsp3) is 0.211. The van der Waals surface area contributed by atoms with E-state index in [1.165, 1.54) is 0 Å². The zero-order chi connectivity index (χ0) is 18.8. The van der Waals surface area contributed by atoms with Gasteiger partial charge in [0.25, 0.3) is 5.91 Å². The zero-order valence-corrected chi connectivity index (χ0v) is 15.1. The summed E-state index contributed by atoms with van der Waals surface area (Å²) in [5.41, 5.74) is 3.73. The van der Waals surface area contributed by atoms with Gasteiger partial charge in [-0.25, -0.2) is 9.50 Å². The van der Waals surface area contributed by atoms with Crippen molar-refractivity contribution in [3.8, 4) is 0 Å². The summed E-state index contributed by atoms with van der Waals surface area (Å²) in [6.45, 7) is 1.89. The molecule has 0 spiro atoms. The van der Waals surface area contributed by atoms with Gasteiger partial charge in [-0.05, 0) is 37.1 Å². The minimum Gasteiger partial charge on any atom is -0.321 e. The molecule has 0 atom stereocenters. The number of nitrogens with one attached hydrogen (secondary N) is 1. The first-order valence-corrected chi connectivity index (χ1v) is 8.65. The smallest absolute Gasteiger partial charge is 0.274 e. The van der Waals surface area contributed by atoms with Gasteiger partial charge < -0.3 is 9.88 Å². The maximum Gasteiger partial charge on any atom is 0.274 e. The molecule has 0 radical (unpaired) electrons. The van der Waals surface area contributed by atoms with Crippen molar-refractivity contribution in [2.75, 3.05) is 5.32 Å². The Morgan fingerprint density at radius 2 is 2.07 bits per heavy atom. The van der Waals surface area contributed by atoms with Crippen LogP contribution in [-0.4, -0.2) is 35.3 Å². The molecule has 0 bridgehead atoms. The minimum absolute atomic E-state index is 0.243. The Hall–Kier alpha value is -3.55. The number of hydrogen-bond acceptors (Lipinski definition) is 5. The van der Waals surface area contributed by atoms with Gasteiger partial charge >= 0.3 is 0 Å². The average molecular weight is 361 g/mol. The molecule has 0 aliphatic heterocycles. The number of benzene rings is 1. The van der Waals surface area contributed by atoms with Crippen LogP contribution in [0.25, 0.3) is 5.65 Å². The van der Waals surface area contributed by atoms with Crippen LogP contribution in [0.4, 0.5) is 5.69 Å². The van der Waals surface area contributed by atoms with E-state index < -0.39 is 0 Å². The SMILES string of the molecule is Cc1cc(C(=O)Nc2cccc(CCc3nncn3C)c2)nc2ccnn12. The average Bonchev–Trinajstić information content (AvgIpc) is 3.29. The molecular weight excluding hydrogens is 342 g/mol. The lowest BCUT2D eigenvalue weighted by Crippen LogP contribution is -2.15. The molecule has 0 fully saturated rings. The van der Waals surface area contributed by atoms with Crippen LogP contribution in [0.1, 0.15) is 27.6 Å². The minimum atomic E-state index is -0.243. The Kier molecular flexibility index (Phi) is 4.37. The summed E-state index contributed by atoms with van der Waals surface area (Å²) in [5.74, 6) is 0.686. The predicted molar refractivity (Wildman–Crippen MR) is 101 cm³/mol. The lowest BCUT2D eigenvalue weighted by molar-refractivity contribution is 0.102. The van der Waals surface area contributed by atoms with Gasteiger partial charge in [-0.2, -0.15) is 5.10 Å². The summed E-state index contributed by atoms with van der Waals surface area (Å²) < 4.78 is 3.61. The fourth-order valence-electron chi connectivity index (χ4n) is 2.97. The van der Waals surface area contributed by atoms with Crippen LogP contribution in [0.5, 0.6) is 0 Å². The van der Waals surface area contributed by atoms with Crippen molar-refractivity contribution in [2.24, 2.45) is 7.05 Å². The third-order valence-electron chi connectivity index (χ3n) is 4.40. The molecule has 0 aliphatic rings. The molecule has 8 heteroatoms. The maximum atomic E-state index is 12.6. The number of amides is 1. The molecule has 27 heavy (non-hydrogen) atoms. The molecule has 8 nitrogen and oxygen atoms in total. The van der Waals surface area contributed by atoms with Crippen LogP contribution >= 0.6 is 0 Å². The van der Waals surface area contributed by atoms with Crippen molar-refractivity contribution in [1.82, 2.24) is 29.4 Å². The molecular formula is C19H19N7O. The van der Waals surface area contributed by atoms with Crippen LogP contribution in [0, 0.1) is 6.92 Å². The lowest BCUT2D eigenvalue weighted by Gasteiger charge is -2.08. The van der Waals surface area contributed by atoms with Gasteiger partial charge in [0, 0.05) is 30.9 Å². The van der Waals surface area contributed by atoms with Crippen LogP contribution in [0.15, 0.2) is 48.9 Å². The van der Waals surface area contributed by atoms with E-state index in [4.69, 9.17) is 0 Å². The van der Waals surface area contributed by atoms with E-state index >= 15 is 0 Å². The topological polar surface area (TPSA) is 90.0 Å². The molecule has 1 N–H and O–H groups in total. The molecule has 3 aromatic heterocycles. The third kappa shape index (κ3) is 3.55. The molecule has 0 saturated carbocycles. The van der Waals surface area contributed by atoms with E-state index in [0.717, 1.165) is 35.6 Å². The molecule has 136 valence electrons. The summed E-state index contributed by atoms with van der Waals surface area (Å²) in [7, 11) is 1.93. The highest BCUT2D eigenvalue weighted by Crippen LogP contribution is 2.15. The van der Waals surface area contributed by atoms with E-state index in [2.05, 4.69) is 25.6 Å². The van der Waals surface area contributed by atoms with E-state index in [0.29, 0.717) is 11.3 Å².